The fraction of sp³-hybridized carbons (Fsp3) is 0.385. The minimum Gasteiger partial charge on any atom is -0.478 e. The van der Waals surface area contributed by atoms with Crippen molar-refractivity contribution in [1.82, 2.24) is 0 Å². The summed E-state index contributed by atoms with van der Waals surface area (Å²) >= 11 is 0. The number of carboxylic acids is 1. The van der Waals surface area contributed by atoms with E-state index in [9.17, 15) is 4.79 Å². The first kappa shape index (κ1) is 9.58. The first-order chi connectivity index (χ1) is 7.75. The van der Waals surface area contributed by atoms with Gasteiger partial charge < -0.3 is 5.11 Å². The zero-order valence-corrected chi connectivity index (χ0v) is 8.94. The molecule has 1 fully saturated rings. The SMILES string of the molecule is O=C(O)c1ccc2c(c1)N=C1CCCCC12. The van der Waals surface area contributed by atoms with Crippen molar-refractivity contribution in [2.45, 2.75) is 31.6 Å². The summed E-state index contributed by atoms with van der Waals surface area (Å²) < 4.78 is 0. The Morgan fingerprint density at radius 1 is 1.38 bits per heavy atom. The van der Waals surface area contributed by atoms with Crippen LogP contribution in [0.4, 0.5) is 5.69 Å². The predicted octanol–water partition coefficient (Wildman–Crippen LogP) is 3.13. The molecule has 1 aromatic carbocycles. The molecule has 1 aliphatic carbocycles. The molecular formula is C13H13NO2. The third-order valence-electron chi connectivity index (χ3n) is 3.49. The van der Waals surface area contributed by atoms with Crippen molar-refractivity contribution in [3.63, 3.8) is 0 Å². The highest BCUT2D eigenvalue weighted by atomic mass is 16.4. The molecular weight excluding hydrogens is 202 g/mol. The van der Waals surface area contributed by atoms with Gasteiger partial charge in [0.25, 0.3) is 0 Å². The second-order valence-corrected chi connectivity index (χ2v) is 4.48. The number of aliphatic imine (C=N–C) groups is 1. The summed E-state index contributed by atoms with van der Waals surface area (Å²) in [7, 11) is 0. The van der Waals surface area contributed by atoms with E-state index in [-0.39, 0.29) is 0 Å². The van der Waals surface area contributed by atoms with E-state index in [4.69, 9.17) is 5.11 Å². The van der Waals surface area contributed by atoms with E-state index in [2.05, 4.69) is 4.99 Å². The maximum Gasteiger partial charge on any atom is 0.335 e. The quantitative estimate of drug-likeness (QED) is 0.782. The number of carbonyl (C=O) groups is 1. The van der Waals surface area contributed by atoms with Gasteiger partial charge in [-0.3, -0.25) is 4.99 Å². The summed E-state index contributed by atoms with van der Waals surface area (Å²) in [6.45, 7) is 0. The summed E-state index contributed by atoms with van der Waals surface area (Å²) in [5.74, 6) is -0.413. The molecule has 3 nitrogen and oxygen atoms in total. The van der Waals surface area contributed by atoms with Crippen LogP contribution in [0.15, 0.2) is 23.2 Å². The third-order valence-corrected chi connectivity index (χ3v) is 3.49. The van der Waals surface area contributed by atoms with E-state index in [0.29, 0.717) is 11.5 Å². The summed E-state index contributed by atoms with van der Waals surface area (Å²) in [4.78, 5) is 15.4. The fourth-order valence-corrected chi connectivity index (χ4v) is 2.69. The topological polar surface area (TPSA) is 49.7 Å². The largest absolute Gasteiger partial charge is 0.478 e. The standard InChI is InChI=1S/C13H13NO2/c15-13(16)8-5-6-10-9-3-1-2-4-11(9)14-12(10)7-8/h5-7,9H,1-4H2,(H,15,16). The molecule has 82 valence electrons. The Kier molecular flexibility index (Phi) is 2.06. The number of hydrogen-bond acceptors (Lipinski definition) is 2. The number of nitrogens with zero attached hydrogens (tertiary/aromatic N) is 1. The third kappa shape index (κ3) is 1.35. The van der Waals surface area contributed by atoms with Crippen LogP contribution >= 0.6 is 0 Å². The van der Waals surface area contributed by atoms with Crippen LogP contribution in [0.5, 0.6) is 0 Å². The highest BCUT2D eigenvalue weighted by molar-refractivity contribution is 6.00. The molecule has 1 heterocycles. The van der Waals surface area contributed by atoms with E-state index in [1.165, 1.54) is 24.1 Å². The summed E-state index contributed by atoms with van der Waals surface area (Å²) in [5, 5.41) is 8.93. The highest BCUT2D eigenvalue weighted by Gasteiger charge is 2.29. The van der Waals surface area contributed by atoms with Crippen LogP contribution in [-0.2, 0) is 0 Å². The first-order valence-corrected chi connectivity index (χ1v) is 5.70. The minimum absolute atomic E-state index is 0.335. The number of fused-ring (bicyclic) bond motifs is 3. The summed E-state index contributed by atoms with van der Waals surface area (Å²) in [6.07, 6.45) is 4.71. The van der Waals surface area contributed by atoms with Gasteiger partial charge in [-0.15, -0.1) is 0 Å². The summed E-state index contributed by atoms with van der Waals surface area (Å²) in [6, 6.07) is 5.32. The zero-order chi connectivity index (χ0) is 11.1. The smallest absolute Gasteiger partial charge is 0.335 e. The Balaban J connectivity index is 2.05. The predicted molar refractivity (Wildman–Crippen MR) is 61.7 cm³/mol. The van der Waals surface area contributed by atoms with E-state index in [1.807, 2.05) is 6.07 Å². The van der Waals surface area contributed by atoms with Gasteiger partial charge in [0.2, 0.25) is 0 Å². The average molecular weight is 215 g/mol. The van der Waals surface area contributed by atoms with Gasteiger partial charge in [-0.2, -0.15) is 0 Å². The van der Waals surface area contributed by atoms with Crippen LogP contribution in [0.25, 0.3) is 0 Å². The molecule has 3 heteroatoms. The molecule has 0 bridgehead atoms. The Morgan fingerprint density at radius 3 is 3.06 bits per heavy atom. The average Bonchev–Trinajstić information content (AvgIpc) is 2.66. The number of carboxylic acid groups (broad SMARTS) is 1. The van der Waals surface area contributed by atoms with Crippen LogP contribution in [-0.4, -0.2) is 16.8 Å². The lowest BCUT2D eigenvalue weighted by Gasteiger charge is -2.19. The lowest BCUT2D eigenvalue weighted by atomic mass is 9.84. The monoisotopic (exact) mass is 215 g/mol. The number of aromatic carboxylic acids is 1. The molecule has 1 aliphatic heterocycles. The Morgan fingerprint density at radius 2 is 2.25 bits per heavy atom. The van der Waals surface area contributed by atoms with Gasteiger partial charge in [0, 0.05) is 11.6 Å². The summed E-state index contributed by atoms with van der Waals surface area (Å²) in [5.41, 5.74) is 3.69. The molecule has 0 radical (unpaired) electrons. The van der Waals surface area contributed by atoms with E-state index in [0.717, 1.165) is 18.5 Å². The zero-order valence-electron chi connectivity index (χ0n) is 8.94. The minimum atomic E-state index is -0.877. The molecule has 16 heavy (non-hydrogen) atoms. The van der Waals surface area contributed by atoms with Crippen molar-refractivity contribution in [3.8, 4) is 0 Å². The van der Waals surface area contributed by atoms with Crippen molar-refractivity contribution in [1.29, 1.82) is 0 Å². The molecule has 1 unspecified atom stereocenters. The number of hydrogen-bond donors (Lipinski definition) is 1. The van der Waals surface area contributed by atoms with Gasteiger partial charge in [0.1, 0.15) is 0 Å². The van der Waals surface area contributed by atoms with Crippen LogP contribution in [0.3, 0.4) is 0 Å². The van der Waals surface area contributed by atoms with Gasteiger partial charge in [-0.25, -0.2) is 4.79 Å². The molecule has 1 saturated carbocycles. The van der Waals surface area contributed by atoms with Gasteiger partial charge in [0.15, 0.2) is 0 Å². The van der Waals surface area contributed by atoms with Gasteiger partial charge in [-0.05, 0) is 37.0 Å². The maximum atomic E-state index is 10.9. The van der Waals surface area contributed by atoms with E-state index in [1.54, 1.807) is 12.1 Å². The van der Waals surface area contributed by atoms with E-state index >= 15 is 0 Å². The van der Waals surface area contributed by atoms with Crippen LogP contribution in [0.2, 0.25) is 0 Å². The molecule has 0 amide bonds. The molecule has 0 aromatic heterocycles. The number of rotatable bonds is 1. The molecule has 0 saturated heterocycles. The van der Waals surface area contributed by atoms with Crippen molar-refractivity contribution < 1.29 is 9.90 Å². The van der Waals surface area contributed by atoms with Crippen LogP contribution in [0, 0.1) is 0 Å². The second kappa shape index (κ2) is 3.44. The Hall–Kier alpha value is -1.64. The second-order valence-electron chi connectivity index (χ2n) is 4.48. The van der Waals surface area contributed by atoms with Crippen molar-refractivity contribution >= 4 is 17.4 Å². The highest BCUT2D eigenvalue weighted by Crippen LogP contribution is 2.42. The lowest BCUT2D eigenvalue weighted by Crippen LogP contribution is -2.13. The molecule has 0 spiro atoms. The van der Waals surface area contributed by atoms with E-state index < -0.39 is 5.97 Å². The van der Waals surface area contributed by atoms with Crippen LogP contribution < -0.4 is 0 Å². The molecule has 1 aromatic rings. The van der Waals surface area contributed by atoms with Crippen molar-refractivity contribution in [3.05, 3.63) is 29.3 Å². The lowest BCUT2D eigenvalue weighted by molar-refractivity contribution is 0.0697. The Labute approximate surface area is 93.8 Å². The van der Waals surface area contributed by atoms with Crippen molar-refractivity contribution in [2.75, 3.05) is 0 Å². The van der Waals surface area contributed by atoms with Crippen LogP contribution in [0.1, 0.15) is 47.5 Å². The van der Waals surface area contributed by atoms with Gasteiger partial charge in [0.05, 0.1) is 11.3 Å². The normalized spacial score (nSPS) is 22.2. The van der Waals surface area contributed by atoms with Gasteiger partial charge >= 0.3 is 5.97 Å². The number of benzene rings is 1. The fourth-order valence-electron chi connectivity index (χ4n) is 2.69. The molecule has 3 rings (SSSR count). The molecule has 1 atom stereocenters. The molecule has 2 aliphatic rings. The van der Waals surface area contributed by atoms with Crippen molar-refractivity contribution in [2.24, 2.45) is 4.99 Å². The first-order valence-electron chi connectivity index (χ1n) is 5.70. The Bertz CT molecular complexity index is 491. The van der Waals surface area contributed by atoms with Gasteiger partial charge in [-0.1, -0.05) is 12.5 Å². The maximum absolute atomic E-state index is 10.9. The molecule has 1 N–H and O–H groups in total.